The normalized spacial score (nSPS) is 12.2. The van der Waals surface area contributed by atoms with E-state index in [1.165, 1.54) is 18.2 Å². The fraction of sp³-hybridized carbons (Fsp3) is 0.250. The Kier molecular flexibility index (Phi) is 5.45. The molecule has 2 aromatic rings. The van der Waals surface area contributed by atoms with E-state index in [0.717, 1.165) is 12.0 Å². The number of hydrogen-bond donors (Lipinski definition) is 1. The summed E-state index contributed by atoms with van der Waals surface area (Å²) in [6, 6.07) is 9.44. The van der Waals surface area contributed by atoms with E-state index >= 15 is 0 Å². The average Bonchev–Trinajstić information content (AvgIpc) is 2.44. The molecule has 2 N–H and O–H groups in total. The van der Waals surface area contributed by atoms with Crippen LogP contribution < -0.4 is 10.5 Å². The Morgan fingerprint density at radius 2 is 1.90 bits per heavy atom. The zero-order valence-corrected chi connectivity index (χ0v) is 13.1. The maximum absolute atomic E-state index is 13.0. The van der Waals surface area contributed by atoms with Crippen LogP contribution in [0.4, 0.5) is 4.39 Å². The van der Waals surface area contributed by atoms with Gasteiger partial charge in [0.15, 0.2) is 0 Å². The van der Waals surface area contributed by atoms with Gasteiger partial charge in [-0.05, 0) is 48.7 Å². The quantitative estimate of drug-likeness (QED) is 0.818. The Morgan fingerprint density at radius 1 is 1.14 bits per heavy atom. The maximum Gasteiger partial charge on any atom is 0.146 e. The van der Waals surface area contributed by atoms with Gasteiger partial charge in [-0.2, -0.15) is 0 Å². The molecule has 0 aliphatic heterocycles. The molecule has 0 aliphatic carbocycles. The molecule has 0 aromatic heterocycles. The van der Waals surface area contributed by atoms with E-state index in [1.54, 1.807) is 12.1 Å². The molecule has 1 atom stereocenters. The second kappa shape index (κ2) is 7.12. The highest BCUT2D eigenvalue weighted by Gasteiger charge is 2.09. The van der Waals surface area contributed by atoms with Crippen LogP contribution in [-0.4, -0.2) is 6.04 Å². The van der Waals surface area contributed by atoms with Gasteiger partial charge in [-0.25, -0.2) is 4.39 Å². The number of nitrogens with two attached hydrogens (primary N) is 1. The maximum atomic E-state index is 13.0. The van der Waals surface area contributed by atoms with Crippen LogP contribution in [0.1, 0.15) is 18.9 Å². The van der Waals surface area contributed by atoms with Gasteiger partial charge in [-0.1, -0.05) is 36.2 Å². The van der Waals surface area contributed by atoms with Crippen molar-refractivity contribution in [3.8, 4) is 11.5 Å². The first-order valence-corrected chi connectivity index (χ1v) is 7.42. The lowest BCUT2D eigenvalue weighted by Gasteiger charge is -2.12. The fourth-order valence-corrected chi connectivity index (χ4v) is 2.32. The minimum atomic E-state index is -0.408. The molecule has 21 heavy (non-hydrogen) atoms. The highest BCUT2D eigenvalue weighted by molar-refractivity contribution is 6.32. The van der Waals surface area contributed by atoms with Crippen LogP contribution in [0.2, 0.25) is 10.0 Å². The van der Waals surface area contributed by atoms with Gasteiger partial charge >= 0.3 is 0 Å². The molecule has 112 valence electrons. The average molecular weight is 328 g/mol. The van der Waals surface area contributed by atoms with Crippen molar-refractivity contribution in [2.24, 2.45) is 5.73 Å². The zero-order chi connectivity index (χ0) is 15.4. The van der Waals surface area contributed by atoms with Gasteiger partial charge in [0, 0.05) is 11.1 Å². The summed E-state index contributed by atoms with van der Waals surface area (Å²) in [6.07, 6.45) is 1.60. The number of benzene rings is 2. The molecule has 2 rings (SSSR count). The van der Waals surface area contributed by atoms with E-state index in [0.29, 0.717) is 22.9 Å². The van der Waals surface area contributed by atoms with Crippen LogP contribution in [0.25, 0.3) is 0 Å². The van der Waals surface area contributed by atoms with Crippen molar-refractivity contribution in [2.45, 2.75) is 25.8 Å². The highest BCUT2D eigenvalue weighted by Crippen LogP contribution is 2.32. The standard InChI is InChI=1S/C16H16Cl2FNO/c1-2-12(20)7-10-3-5-13(9-14(10)17)21-16-6-4-11(19)8-15(16)18/h3-6,8-9,12H,2,7,20H2,1H3. The Balaban J connectivity index is 2.16. The first-order chi connectivity index (χ1) is 9.99. The van der Waals surface area contributed by atoms with E-state index in [4.69, 9.17) is 33.7 Å². The van der Waals surface area contributed by atoms with E-state index in [9.17, 15) is 4.39 Å². The number of halogens is 3. The van der Waals surface area contributed by atoms with Crippen molar-refractivity contribution in [3.05, 3.63) is 57.8 Å². The molecule has 5 heteroatoms. The Morgan fingerprint density at radius 3 is 2.52 bits per heavy atom. The van der Waals surface area contributed by atoms with Crippen LogP contribution in [0.5, 0.6) is 11.5 Å². The molecule has 2 aromatic carbocycles. The van der Waals surface area contributed by atoms with Crippen molar-refractivity contribution >= 4 is 23.2 Å². The second-order valence-corrected chi connectivity index (χ2v) is 5.62. The topological polar surface area (TPSA) is 35.2 Å². The third-order valence-corrected chi connectivity index (χ3v) is 3.80. The number of ether oxygens (including phenoxy) is 1. The summed E-state index contributed by atoms with van der Waals surface area (Å²) in [4.78, 5) is 0. The van der Waals surface area contributed by atoms with Crippen molar-refractivity contribution in [3.63, 3.8) is 0 Å². The molecule has 0 saturated heterocycles. The molecule has 0 saturated carbocycles. The van der Waals surface area contributed by atoms with Gasteiger partial charge in [-0.15, -0.1) is 0 Å². The van der Waals surface area contributed by atoms with Crippen LogP contribution in [-0.2, 0) is 6.42 Å². The van der Waals surface area contributed by atoms with Gasteiger partial charge in [0.1, 0.15) is 17.3 Å². The summed E-state index contributed by atoms with van der Waals surface area (Å²) in [5.74, 6) is 0.517. The van der Waals surface area contributed by atoms with Gasteiger partial charge < -0.3 is 10.5 Å². The van der Waals surface area contributed by atoms with Crippen molar-refractivity contribution in [1.82, 2.24) is 0 Å². The summed E-state index contributed by atoms with van der Waals surface area (Å²) >= 11 is 12.2. The predicted octanol–water partition coefficient (Wildman–Crippen LogP) is 5.20. The third-order valence-electron chi connectivity index (χ3n) is 3.15. The molecule has 2 nitrogen and oxygen atoms in total. The molecule has 0 bridgehead atoms. The predicted molar refractivity (Wildman–Crippen MR) is 84.9 cm³/mol. The Hall–Kier alpha value is -1.29. The summed E-state index contributed by atoms with van der Waals surface area (Å²) < 4.78 is 18.6. The molecule has 0 fully saturated rings. The third kappa shape index (κ3) is 4.34. The van der Waals surface area contributed by atoms with E-state index in [1.807, 2.05) is 13.0 Å². The van der Waals surface area contributed by atoms with Crippen molar-refractivity contribution in [2.75, 3.05) is 0 Å². The van der Waals surface area contributed by atoms with Crippen molar-refractivity contribution in [1.29, 1.82) is 0 Å². The Bertz CT molecular complexity index is 634. The Labute approximate surface area is 133 Å². The van der Waals surface area contributed by atoms with Gasteiger partial charge in [0.05, 0.1) is 5.02 Å². The molecule has 0 amide bonds. The minimum Gasteiger partial charge on any atom is -0.456 e. The number of rotatable bonds is 5. The summed E-state index contributed by atoms with van der Waals surface area (Å²) in [7, 11) is 0. The summed E-state index contributed by atoms with van der Waals surface area (Å²) in [5.41, 5.74) is 6.90. The van der Waals surface area contributed by atoms with Crippen LogP contribution >= 0.6 is 23.2 Å². The summed E-state index contributed by atoms with van der Waals surface area (Å²) in [5, 5.41) is 0.804. The van der Waals surface area contributed by atoms with Gasteiger partial charge in [-0.3, -0.25) is 0 Å². The van der Waals surface area contributed by atoms with Crippen LogP contribution in [0, 0.1) is 5.82 Å². The van der Waals surface area contributed by atoms with E-state index < -0.39 is 5.82 Å². The number of hydrogen-bond acceptors (Lipinski definition) is 2. The van der Waals surface area contributed by atoms with E-state index in [2.05, 4.69) is 0 Å². The first kappa shape index (κ1) is 16.1. The van der Waals surface area contributed by atoms with Gasteiger partial charge in [0.25, 0.3) is 0 Å². The minimum absolute atomic E-state index is 0.0841. The van der Waals surface area contributed by atoms with Crippen molar-refractivity contribution < 1.29 is 9.13 Å². The smallest absolute Gasteiger partial charge is 0.146 e. The molecule has 0 aliphatic rings. The molecule has 1 unspecified atom stereocenters. The zero-order valence-electron chi connectivity index (χ0n) is 11.6. The molecule has 0 heterocycles. The second-order valence-electron chi connectivity index (χ2n) is 4.80. The summed E-state index contributed by atoms with van der Waals surface area (Å²) in [6.45, 7) is 2.03. The molecule has 0 spiro atoms. The largest absolute Gasteiger partial charge is 0.456 e. The fourth-order valence-electron chi connectivity index (χ4n) is 1.87. The van der Waals surface area contributed by atoms with Crippen LogP contribution in [0.3, 0.4) is 0 Å². The monoisotopic (exact) mass is 327 g/mol. The first-order valence-electron chi connectivity index (χ1n) is 6.66. The lowest BCUT2D eigenvalue weighted by molar-refractivity contribution is 0.480. The van der Waals surface area contributed by atoms with E-state index in [-0.39, 0.29) is 11.1 Å². The highest BCUT2D eigenvalue weighted by atomic mass is 35.5. The lowest BCUT2D eigenvalue weighted by Crippen LogP contribution is -2.21. The lowest BCUT2D eigenvalue weighted by atomic mass is 10.0. The molecule has 0 radical (unpaired) electrons. The molecular weight excluding hydrogens is 312 g/mol. The van der Waals surface area contributed by atoms with Crippen LogP contribution in [0.15, 0.2) is 36.4 Å². The SMILES string of the molecule is CCC(N)Cc1ccc(Oc2ccc(F)cc2Cl)cc1Cl. The van der Waals surface area contributed by atoms with Gasteiger partial charge in [0.2, 0.25) is 0 Å². The molecular formula is C16H16Cl2FNO.